The fourth-order valence-electron chi connectivity index (χ4n) is 6.48. The summed E-state index contributed by atoms with van der Waals surface area (Å²) in [5.41, 5.74) is 4.28. The molecule has 0 unspecified atom stereocenters. The number of phenolic OH excluding ortho intramolecular Hbond substituents is 1. The van der Waals surface area contributed by atoms with Crippen molar-refractivity contribution in [3.05, 3.63) is 46.3 Å². The SMILES string of the molecule is CC/C(=C\c1ccc(O)c(F)c1)CC[C@H]1OC[C@H]2C1=C(C(C)C)C[C@H]1C(=O)N(CCCCCC(=O)O)C(=O)[C@H]12. The minimum Gasteiger partial charge on any atom is -0.505 e. The van der Waals surface area contributed by atoms with E-state index in [0.29, 0.717) is 44.4 Å². The number of phenols is 1. The Hall–Kier alpha value is -3.00. The van der Waals surface area contributed by atoms with Crippen molar-refractivity contribution in [1.82, 2.24) is 4.90 Å². The molecule has 4 rings (SSSR count). The van der Waals surface area contributed by atoms with Gasteiger partial charge in [-0.25, -0.2) is 4.39 Å². The molecule has 2 aliphatic heterocycles. The molecule has 0 saturated carbocycles. The molecule has 1 aliphatic carbocycles. The Balaban J connectivity index is 1.47. The maximum Gasteiger partial charge on any atom is 0.303 e. The Kier molecular flexibility index (Phi) is 9.26. The highest BCUT2D eigenvalue weighted by molar-refractivity contribution is 6.06. The molecule has 3 aliphatic rings. The third-order valence-corrected chi connectivity index (χ3v) is 8.53. The Morgan fingerprint density at radius 3 is 2.59 bits per heavy atom. The van der Waals surface area contributed by atoms with Gasteiger partial charge in [0.05, 0.1) is 24.5 Å². The second kappa shape index (κ2) is 12.5. The number of fused-ring (bicyclic) bond motifs is 3. The molecule has 0 aromatic heterocycles. The molecule has 2 saturated heterocycles. The van der Waals surface area contributed by atoms with Crippen molar-refractivity contribution in [3.8, 4) is 5.75 Å². The summed E-state index contributed by atoms with van der Waals surface area (Å²) in [5.74, 6) is -2.64. The highest BCUT2D eigenvalue weighted by Crippen LogP contribution is 2.51. The number of amides is 2. The van der Waals surface area contributed by atoms with E-state index in [1.54, 1.807) is 6.07 Å². The first-order valence-electron chi connectivity index (χ1n) is 14.2. The van der Waals surface area contributed by atoms with Crippen LogP contribution in [0.5, 0.6) is 5.75 Å². The van der Waals surface area contributed by atoms with Crippen LogP contribution in [0.15, 0.2) is 34.9 Å². The second-order valence-corrected chi connectivity index (χ2v) is 11.3. The number of benzene rings is 1. The molecule has 1 aromatic rings. The number of carboxylic acids is 1. The molecular weight excluding hydrogens is 501 g/mol. The number of ether oxygens (including phenoxy) is 1. The van der Waals surface area contributed by atoms with Crippen LogP contribution in [0.4, 0.5) is 4.39 Å². The van der Waals surface area contributed by atoms with Gasteiger partial charge in [0.2, 0.25) is 11.8 Å². The van der Waals surface area contributed by atoms with Crippen LogP contribution in [-0.2, 0) is 19.1 Å². The van der Waals surface area contributed by atoms with E-state index in [1.807, 2.05) is 6.08 Å². The third kappa shape index (κ3) is 6.26. The lowest BCUT2D eigenvalue weighted by molar-refractivity contribution is -0.141. The predicted octanol–water partition coefficient (Wildman–Crippen LogP) is 5.72. The van der Waals surface area contributed by atoms with Crippen LogP contribution in [0.25, 0.3) is 6.08 Å². The maximum atomic E-state index is 13.8. The molecule has 1 aromatic carbocycles. The van der Waals surface area contributed by atoms with E-state index >= 15 is 0 Å². The number of nitrogens with zero attached hydrogens (tertiary/aromatic N) is 1. The van der Waals surface area contributed by atoms with Crippen LogP contribution in [0.2, 0.25) is 0 Å². The Bertz CT molecular complexity index is 1170. The van der Waals surface area contributed by atoms with Crippen LogP contribution in [-0.4, -0.2) is 52.2 Å². The van der Waals surface area contributed by atoms with Gasteiger partial charge in [-0.3, -0.25) is 19.3 Å². The van der Waals surface area contributed by atoms with E-state index in [2.05, 4.69) is 20.8 Å². The van der Waals surface area contributed by atoms with Gasteiger partial charge in [-0.1, -0.05) is 50.5 Å². The van der Waals surface area contributed by atoms with E-state index in [-0.39, 0.29) is 53.8 Å². The Labute approximate surface area is 229 Å². The van der Waals surface area contributed by atoms with Gasteiger partial charge in [0.25, 0.3) is 0 Å². The lowest BCUT2D eigenvalue weighted by Crippen LogP contribution is -2.35. The average molecular weight is 542 g/mol. The van der Waals surface area contributed by atoms with Gasteiger partial charge in [0.1, 0.15) is 0 Å². The van der Waals surface area contributed by atoms with Crippen molar-refractivity contribution in [2.24, 2.45) is 23.7 Å². The number of carbonyl (C=O) groups is 3. The standard InChI is InChI=1S/C31H40FNO6/c1-4-19(14-20-9-11-25(34)24(32)15-20)10-12-26-28-21(18(2)3)16-22-29(23(28)17-39-26)31(38)33(30(22)37)13-7-5-6-8-27(35)36/h9,11,14-15,18,22-23,26,29,34H,4-8,10,12-13,16-17H2,1-3H3,(H,35,36)/b19-14+/t22-,23+,26-,29-/m1/s1. The summed E-state index contributed by atoms with van der Waals surface area (Å²) >= 11 is 0. The fourth-order valence-corrected chi connectivity index (χ4v) is 6.48. The molecule has 2 fully saturated rings. The number of likely N-dealkylation sites (tertiary alicyclic amines) is 1. The molecular formula is C31H40FNO6. The topological polar surface area (TPSA) is 104 Å². The van der Waals surface area contributed by atoms with Crippen LogP contribution >= 0.6 is 0 Å². The van der Waals surface area contributed by atoms with Crippen molar-refractivity contribution in [2.45, 2.75) is 78.2 Å². The van der Waals surface area contributed by atoms with E-state index in [0.717, 1.165) is 24.8 Å². The number of imide groups is 1. The molecule has 2 N–H and O–H groups in total. The van der Waals surface area contributed by atoms with Crippen molar-refractivity contribution >= 4 is 23.9 Å². The van der Waals surface area contributed by atoms with E-state index in [1.165, 1.54) is 28.2 Å². The van der Waals surface area contributed by atoms with E-state index in [9.17, 15) is 23.9 Å². The number of hydrogen-bond acceptors (Lipinski definition) is 5. The van der Waals surface area contributed by atoms with Crippen LogP contribution in [0, 0.1) is 29.5 Å². The number of aliphatic carboxylic acids is 1. The Morgan fingerprint density at radius 2 is 1.92 bits per heavy atom. The summed E-state index contributed by atoms with van der Waals surface area (Å²) in [6, 6.07) is 4.38. The summed E-state index contributed by atoms with van der Waals surface area (Å²) in [4.78, 5) is 39.0. The van der Waals surface area contributed by atoms with Gasteiger partial charge < -0.3 is 14.9 Å². The minimum absolute atomic E-state index is 0.0961. The monoisotopic (exact) mass is 541 g/mol. The van der Waals surface area contributed by atoms with Gasteiger partial charge in [-0.15, -0.1) is 0 Å². The highest BCUT2D eigenvalue weighted by Gasteiger charge is 2.56. The van der Waals surface area contributed by atoms with Crippen LogP contribution < -0.4 is 0 Å². The molecule has 4 atom stereocenters. The van der Waals surface area contributed by atoms with E-state index in [4.69, 9.17) is 9.84 Å². The predicted molar refractivity (Wildman–Crippen MR) is 145 cm³/mol. The van der Waals surface area contributed by atoms with Crippen LogP contribution in [0.1, 0.15) is 77.7 Å². The molecule has 2 amide bonds. The quantitative estimate of drug-likeness (QED) is 0.199. The molecule has 0 bridgehead atoms. The smallest absolute Gasteiger partial charge is 0.303 e. The van der Waals surface area contributed by atoms with Gasteiger partial charge in [0.15, 0.2) is 11.6 Å². The third-order valence-electron chi connectivity index (χ3n) is 8.53. The number of rotatable bonds is 12. The zero-order chi connectivity index (χ0) is 28.3. The summed E-state index contributed by atoms with van der Waals surface area (Å²) in [5, 5.41) is 18.3. The molecule has 8 heteroatoms. The summed E-state index contributed by atoms with van der Waals surface area (Å²) in [7, 11) is 0. The summed E-state index contributed by atoms with van der Waals surface area (Å²) < 4.78 is 20.1. The first kappa shape index (κ1) is 29.0. The lowest BCUT2D eigenvalue weighted by Gasteiger charge is -2.33. The number of carbonyl (C=O) groups excluding carboxylic acids is 2. The number of unbranched alkanes of at least 4 members (excludes halogenated alkanes) is 2. The number of carboxylic acid groups (broad SMARTS) is 1. The average Bonchev–Trinajstić information content (AvgIpc) is 3.41. The fraction of sp³-hybridized carbons (Fsp3) is 0.581. The van der Waals surface area contributed by atoms with Gasteiger partial charge in [-0.2, -0.15) is 0 Å². The normalized spacial score (nSPS) is 25.1. The van der Waals surface area contributed by atoms with Crippen LogP contribution in [0.3, 0.4) is 0 Å². The first-order valence-corrected chi connectivity index (χ1v) is 14.2. The largest absolute Gasteiger partial charge is 0.505 e. The molecule has 39 heavy (non-hydrogen) atoms. The Morgan fingerprint density at radius 1 is 1.15 bits per heavy atom. The summed E-state index contributed by atoms with van der Waals surface area (Å²) in [6.45, 7) is 7.10. The molecule has 0 radical (unpaired) electrons. The van der Waals surface area contributed by atoms with Crippen molar-refractivity contribution in [3.63, 3.8) is 0 Å². The molecule has 0 spiro atoms. The molecule has 212 valence electrons. The second-order valence-electron chi connectivity index (χ2n) is 11.3. The van der Waals surface area contributed by atoms with Gasteiger partial charge >= 0.3 is 5.97 Å². The van der Waals surface area contributed by atoms with Gasteiger partial charge in [-0.05, 0) is 67.7 Å². The van der Waals surface area contributed by atoms with Crippen molar-refractivity contribution < 1.29 is 33.7 Å². The van der Waals surface area contributed by atoms with Crippen molar-refractivity contribution in [1.29, 1.82) is 0 Å². The minimum atomic E-state index is -0.833. The van der Waals surface area contributed by atoms with E-state index < -0.39 is 11.8 Å². The first-order chi connectivity index (χ1) is 18.6. The zero-order valence-electron chi connectivity index (χ0n) is 23.1. The molecule has 2 heterocycles. The number of halogens is 1. The summed E-state index contributed by atoms with van der Waals surface area (Å²) in [6.07, 6.45) is 6.63. The number of hydrogen-bond donors (Lipinski definition) is 2. The number of aromatic hydroxyl groups is 1. The van der Waals surface area contributed by atoms with Crippen molar-refractivity contribution in [2.75, 3.05) is 13.2 Å². The maximum absolute atomic E-state index is 13.8. The lowest BCUT2D eigenvalue weighted by atomic mass is 9.67. The zero-order valence-corrected chi connectivity index (χ0v) is 23.1. The highest BCUT2D eigenvalue weighted by atomic mass is 19.1. The number of allylic oxidation sites excluding steroid dienone is 2. The van der Waals surface area contributed by atoms with Gasteiger partial charge in [0, 0.05) is 18.9 Å². The molecule has 7 nitrogen and oxygen atoms in total.